The molecule has 1 aliphatic rings. The van der Waals surface area contributed by atoms with E-state index in [0.29, 0.717) is 5.25 Å². The van der Waals surface area contributed by atoms with Crippen LogP contribution in [0, 0.1) is 0 Å². The minimum Gasteiger partial charge on any atom is -0.339 e. The molecule has 0 saturated carbocycles. The predicted octanol–water partition coefficient (Wildman–Crippen LogP) is 1.02. The average Bonchev–Trinajstić information content (AvgIpc) is 2.18. The number of piperidine rings is 1. The van der Waals surface area contributed by atoms with Crippen LogP contribution in [-0.2, 0) is 4.79 Å². The lowest BCUT2D eigenvalue weighted by molar-refractivity contribution is -0.126. The third-order valence-corrected chi connectivity index (χ3v) is 3.02. The maximum atomic E-state index is 11.7. The summed E-state index contributed by atoms with van der Waals surface area (Å²) < 4.78 is 0. The summed E-state index contributed by atoms with van der Waals surface area (Å²) in [5.41, 5.74) is 0. The molecule has 1 aliphatic heterocycles. The van der Waals surface area contributed by atoms with E-state index in [2.05, 4.69) is 12.6 Å². The van der Waals surface area contributed by atoms with Crippen LogP contribution in [0.4, 0.5) is 0 Å². The van der Waals surface area contributed by atoms with Crippen molar-refractivity contribution in [1.82, 2.24) is 9.80 Å². The first-order valence-electron chi connectivity index (χ1n) is 5.38. The maximum absolute atomic E-state index is 11.7. The molecule has 0 bridgehead atoms. The molecule has 0 aromatic rings. The first-order chi connectivity index (χ1) is 7.09. The topological polar surface area (TPSA) is 23.6 Å². The second-order valence-corrected chi connectivity index (χ2v) is 4.95. The summed E-state index contributed by atoms with van der Waals surface area (Å²) in [5.74, 6) is 0.136. The van der Waals surface area contributed by atoms with E-state index in [-0.39, 0.29) is 5.91 Å². The zero-order chi connectivity index (χ0) is 11.3. The molecule has 3 nitrogen and oxygen atoms in total. The van der Waals surface area contributed by atoms with Crippen LogP contribution in [0.25, 0.3) is 0 Å². The van der Waals surface area contributed by atoms with Gasteiger partial charge in [0.05, 0.1) is 0 Å². The SMILES string of the molecule is CN(C)C/C=C/C(=O)N1CCC(S)CC1. The van der Waals surface area contributed by atoms with Crippen molar-refractivity contribution < 1.29 is 4.79 Å². The minimum atomic E-state index is 0.136. The van der Waals surface area contributed by atoms with Gasteiger partial charge in [-0.3, -0.25) is 4.79 Å². The molecule has 1 amide bonds. The van der Waals surface area contributed by atoms with Crippen molar-refractivity contribution >= 4 is 18.5 Å². The summed E-state index contributed by atoms with van der Waals surface area (Å²) in [6.07, 6.45) is 5.61. The van der Waals surface area contributed by atoms with E-state index < -0.39 is 0 Å². The van der Waals surface area contributed by atoms with Crippen LogP contribution < -0.4 is 0 Å². The Morgan fingerprint density at radius 2 is 2.07 bits per heavy atom. The summed E-state index contributed by atoms with van der Waals surface area (Å²) in [7, 11) is 3.97. The lowest BCUT2D eigenvalue weighted by Gasteiger charge is -2.28. The number of hydrogen-bond acceptors (Lipinski definition) is 3. The van der Waals surface area contributed by atoms with Gasteiger partial charge in [0.15, 0.2) is 0 Å². The minimum absolute atomic E-state index is 0.136. The van der Waals surface area contributed by atoms with Crippen LogP contribution in [0.1, 0.15) is 12.8 Å². The van der Waals surface area contributed by atoms with Gasteiger partial charge in [0.25, 0.3) is 0 Å². The molecule has 0 atom stereocenters. The Balaban J connectivity index is 2.31. The number of carbonyl (C=O) groups is 1. The maximum Gasteiger partial charge on any atom is 0.246 e. The summed E-state index contributed by atoms with van der Waals surface area (Å²) in [5, 5.41) is 0.472. The number of carbonyl (C=O) groups excluding carboxylic acids is 1. The Labute approximate surface area is 97.5 Å². The largest absolute Gasteiger partial charge is 0.339 e. The molecule has 0 spiro atoms. The molecule has 1 heterocycles. The Morgan fingerprint density at radius 1 is 1.47 bits per heavy atom. The molecule has 1 rings (SSSR count). The van der Waals surface area contributed by atoms with Gasteiger partial charge in [0.1, 0.15) is 0 Å². The highest BCUT2D eigenvalue weighted by atomic mass is 32.1. The zero-order valence-corrected chi connectivity index (χ0v) is 10.4. The van der Waals surface area contributed by atoms with Gasteiger partial charge in [-0.2, -0.15) is 12.6 Å². The van der Waals surface area contributed by atoms with Crippen LogP contribution in [-0.4, -0.2) is 54.7 Å². The molecular formula is C11H20N2OS. The third kappa shape index (κ3) is 4.71. The van der Waals surface area contributed by atoms with E-state index in [1.807, 2.05) is 30.0 Å². The Kier molecular flexibility index (Phi) is 5.19. The monoisotopic (exact) mass is 228 g/mol. The van der Waals surface area contributed by atoms with E-state index in [9.17, 15) is 4.79 Å². The molecule has 0 unspecified atom stereocenters. The lowest BCUT2D eigenvalue weighted by Crippen LogP contribution is -2.37. The number of rotatable bonds is 3. The predicted molar refractivity (Wildman–Crippen MR) is 66.3 cm³/mol. The van der Waals surface area contributed by atoms with Crippen molar-refractivity contribution in [2.24, 2.45) is 0 Å². The fraction of sp³-hybridized carbons (Fsp3) is 0.727. The Bertz CT molecular complexity index is 233. The van der Waals surface area contributed by atoms with Gasteiger partial charge in [-0.15, -0.1) is 0 Å². The van der Waals surface area contributed by atoms with E-state index in [1.54, 1.807) is 6.08 Å². The molecule has 15 heavy (non-hydrogen) atoms. The fourth-order valence-corrected chi connectivity index (χ4v) is 1.79. The number of amides is 1. The van der Waals surface area contributed by atoms with E-state index in [0.717, 1.165) is 32.5 Å². The molecule has 4 heteroatoms. The highest BCUT2D eigenvalue weighted by Crippen LogP contribution is 2.15. The van der Waals surface area contributed by atoms with Crippen molar-refractivity contribution in [3.8, 4) is 0 Å². The average molecular weight is 228 g/mol. The quantitative estimate of drug-likeness (QED) is 0.576. The van der Waals surface area contributed by atoms with Crippen molar-refractivity contribution in [2.75, 3.05) is 33.7 Å². The second kappa shape index (κ2) is 6.18. The van der Waals surface area contributed by atoms with E-state index in [4.69, 9.17) is 0 Å². The summed E-state index contributed by atoms with van der Waals surface area (Å²) in [6, 6.07) is 0. The molecule has 1 saturated heterocycles. The van der Waals surface area contributed by atoms with Gasteiger partial charge < -0.3 is 9.80 Å². The standard InChI is InChI=1S/C11H20N2OS/c1-12(2)7-3-4-11(14)13-8-5-10(15)6-9-13/h3-4,10,15H,5-9H2,1-2H3/b4-3+. The molecular weight excluding hydrogens is 208 g/mol. The fourth-order valence-electron chi connectivity index (χ4n) is 1.56. The van der Waals surface area contributed by atoms with Crippen LogP contribution in [0.5, 0.6) is 0 Å². The molecule has 0 aromatic carbocycles. The van der Waals surface area contributed by atoms with Crippen molar-refractivity contribution in [2.45, 2.75) is 18.1 Å². The van der Waals surface area contributed by atoms with Gasteiger partial charge in [-0.1, -0.05) is 6.08 Å². The molecule has 0 aromatic heterocycles. The van der Waals surface area contributed by atoms with Crippen LogP contribution in [0.2, 0.25) is 0 Å². The Hall–Kier alpha value is -0.480. The van der Waals surface area contributed by atoms with Gasteiger partial charge >= 0.3 is 0 Å². The van der Waals surface area contributed by atoms with Crippen molar-refractivity contribution in [3.63, 3.8) is 0 Å². The molecule has 0 radical (unpaired) electrons. The molecule has 86 valence electrons. The summed E-state index contributed by atoms with van der Waals surface area (Å²) in [4.78, 5) is 15.6. The number of likely N-dealkylation sites (N-methyl/N-ethyl adjacent to an activating group) is 1. The first-order valence-corrected chi connectivity index (χ1v) is 5.89. The van der Waals surface area contributed by atoms with Gasteiger partial charge in [-0.25, -0.2) is 0 Å². The number of nitrogens with zero attached hydrogens (tertiary/aromatic N) is 2. The highest BCUT2D eigenvalue weighted by molar-refractivity contribution is 7.80. The summed E-state index contributed by atoms with van der Waals surface area (Å²) in [6.45, 7) is 2.51. The second-order valence-electron chi connectivity index (χ2n) is 4.22. The lowest BCUT2D eigenvalue weighted by atomic mass is 10.1. The zero-order valence-electron chi connectivity index (χ0n) is 9.52. The van der Waals surface area contributed by atoms with Crippen molar-refractivity contribution in [3.05, 3.63) is 12.2 Å². The van der Waals surface area contributed by atoms with Crippen LogP contribution in [0.15, 0.2) is 12.2 Å². The molecule has 1 fully saturated rings. The Morgan fingerprint density at radius 3 is 2.60 bits per heavy atom. The number of likely N-dealkylation sites (tertiary alicyclic amines) is 1. The summed E-state index contributed by atoms with van der Waals surface area (Å²) >= 11 is 4.41. The third-order valence-electron chi connectivity index (χ3n) is 2.51. The molecule has 0 aliphatic carbocycles. The van der Waals surface area contributed by atoms with Crippen molar-refractivity contribution in [1.29, 1.82) is 0 Å². The highest BCUT2D eigenvalue weighted by Gasteiger charge is 2.18. The molecule has 0 N–H and O–H groups in total. The van der Waals surface area contributed by atoms with Crippen LogP contribution >= 0.6 is 12.6 Å². The van der Waals surface area contributed by atoms with E-state index in [1.165, 1.54) is 0 Å². The number of thiol groups is 1. The van der Waals surface area contributed by atoms with Crippen LogP contribution in [0.3, 0.4) is 0 Å². The number of hydrogen-bond donors (Lipinski definition) is 1. The van der Waals surface area contributed by atoms with Gasteiger partial charge in [0, 0.05) is 31.0 Å². The normalized spacial score (nSPS) is 19.1. The van der Waals surface area contributed by atoms with E-state index >= 15 is 0 Å². The van der Waals surface area contributed by atoms with Gasteiger partial charge in [0.2, 0.25) is 5.91 Å². The van der Waals surface area contributed by atoms with Gasteiger partial charge in [-0.05, 0) is 26.9 Å². The first kappa shape index (κ1) is 12.6. The smallest absolute Gasteiger partial charge is 0.246 e.